The number of hydrogen-bond donors (Lipinski definition) is 2. The van der Waals surface area contributed by atoms with Gasteiger partial charge in [0.1, 0.15) is 18.7 Å². The molecule has 1 fully saturated rings. The van der Waals surface area contributed by atoms with Gasteiger partial charge in [-0.15, -0.1) is 0 Å². The molecule has 2 atom stereocenters. The van der Waals surface area contributed by atoms with Crippen LogP contribution in [0.5, 0.6) is 0 Å². The average molecular weight is 482 g/mol. The fourth-order valence-corrected chi connectivity index (χ4v) is 3.38. The van der Waals surface area contributed by atoms with Crippen molar-refractivity contribution in [2.45, 2.75) is 44.4 Å². The number of ether oxygens (including phenoxy) is 3. The molecule has 10 nitrogen and oxygen atoms in total. The Bertz CT molecular complexity index is 1040. The molecule has 2 aromatic carbocycles. The first-order chi connectivity index (χ1) is 16.9. The van der Waals surface area contributed by atoms with Gasteiger partial charge in [0.05, 0.1) is 0 Å². The highest BCUT2D eigenvalue weighted by atomic mass is 16.6. The van der Waals surface area contributed by atoms with E-state index in [-0.39, 0.29) is 18.8 Å². The highest BCUT2D eigenvalue weighted by Crippen LogP contribution is 2.12. The van der Waals surface area contributed by atoms with Crippen LogP contribution in [0.25, 0.3) is 0 Å². The molecule has 0 bridgehead atoms. The molecule has 0 unspecified atom stereocenters. The summed E-state index contributed by atoms with van der Waals surface area (Å²) in [6, 6.07) is 15.6. The van der Waals surface area contributed by atoms with Gasteiger partial charge >= 0.3 is 24.1 Å². The zero-order valence-corrected chi connectivity index (χ0v) is 18.9. The standard InChI is InChI=1S/C25H26N2O8/c28-21(18-11-5-2-6-12-18)16-33-22(29)19(13-7-8-14-20-23(30)35-25(32)27-20)26-24(31)34-15-17-9-3-1-4-10-17/h1-6,9-12,19-20H,7-8,13-16H2,(H,26,31)(H,27,32)/t19-,20-/m0/s1. The maximum atomic E-state index is 12.7. The van der Waals surface area contributed by atoms with E-state index in [9.17, 15) is 24.0 Å². The number of unbranched alkanes of at least 4 members (excludes halogenated alkanes) is 1. The molecule has 1 heterocycles. The fraction of sp³-hybridized carbons (Fsp3) is 0.320. The van der Waals surface area contributed by atoms with Crippen molar-refractivity contribution in [2.24, 2.45) is 0 Å². The number of alkyl carbamates (subject to hydrolysis) is 2. The van der Waals surface area contributed by atoms with Crippen molar-refractivity contribution in [3.05, 3.63) is 71.8 Å². The van der Waals surface area contributed by atoms with E-state index in [0.717, 1.165) is 5.56 Å². The Balaban J connectivity index is 1.51. The van der Waals surface area contributed by atoms with Crippen molar-refractivity contribution in [3.63, 3.8) is 0 Å². The monoisotopic (exact) mass is 482 g/mol. The van der Waals surface area contributed by atoms with E-state index < -0.39 is 42.8 Å². The lowest BCUT2D eigenvalue weighted by molar-refractivity contribution is -0.145. The molecule has 0 aromatic heterocycles. The number of hydrogen-bond acceptors (Lipinski definition) is 8. The Kier molecular flexibility index (Phi) is 9.35. The Hall–Kier alpha value is -4.21. The lowest BCUT2D eigenvalue weighted by Crippen LogP contribution is -2.42. The summed E-state index contributed by atoms with van der Waals surface area (Å²) in [5, 5.41) is 4.88. The first kappa shape index (κ1) is 25.4. The van der Waals surface area contributed by atoms with Crippen molar-refractivity contribution >= 4 is 29.9 Å². The number of Topliss-reactive ketones (excluding diaryl/α,β-unsaturated/α-hetero) is 1. The predicted octanol–water partition coefficient (Wildman–Crippen LogP) is 2.90. The maximum Gasteiger partial charge on any atom is 0.415 e. The molecule has 2 aromatic rings. The smallest absolute Gasteiger partial charge is 0.415 e. The lowest BCUT2D eigenvalue weighted by Gasteiger charge is -2.18. The van der Waals surface area contributed by atoms with Gasteiger partial charge in [-0.25, -0.2) is 19.2 Å². The molecule has 2 N–H and O–H groups in total. The van der Waals surface area contributed by atoms with Gasteiger partial charge in [0.2, 0.25) is 0 Å². The van der Waals surface area contributed by atoms with Crippen LogP contribution in [-0.2, 0) is 30.4 Å². The van der Waals surface area contributed by atoms with Gasteiger partial charge in [0, 0.05) is 5.56 Å². The summed E-state index contributed by atoms with van der Waals surface area (Å²) in [7, 11) is 0. The van der Waals surface area contributed by atoms with Crippen LogP contribution in [0, 0.1) is 0 Å². The van der Waals surface area contributed by atoms with Crippen molar-refractivity contribution < 1.29 is 38.2 Å². The molecule has 0 spiro atoms. The van der Waals surface area contributed by atoms with Crippen LogP contribution >= 0.6 is 0 Å². The number of nitrogens with one attached hydrogen (secondary N) is 2. The minimum absolute atomic E-state index is 0.0183. The number of carbonyl (C=O) groups is 5. The van der Waals surface area contributed by atoms with Gasteiger partial charge in [0.25, 0.3) is 0 Å². The molecule has 0 radical (unpaired) electrons. The third-order valence-corrected chi connectivity index (χ3v) is 5.24. The van der Waals surface area contributed by atoms with Crippen LogP contribution in [-0.4, -0.2) is 48.6 Å². The van der Waals surface area contributed by atoms with Crippen LogP contribution in [0.1, 0.15) is 41.6 Å². The van der Waals surface area contributed by atoms with Crippen LogP contribution in [0.15, 0.2) is 60.7 Å². The fourth-order valence-electron chi connectivity index (χ4n) is 3.38. The molecule has 1 aliphatic rings. The predicted molar refractivity (Wildman–Crippen MR) is 122 cm³/mol. The zero-order valence-electron chi connectivity index (χ0n) is 18.9. The quantitative estimate of drug-likeness (QED) is 0.155. The topological polar surface area (TPSA) is 137 Å². The number of cyclic esters (lactones) is 2. The summed E-state index contributed by atoms with van der Waals surface area (Å²) in [5.74, 6) is -1.80. The summed E-state index contributed by atoms with van der Waals surface area (Å²) in [6.45, 7) is -0.454. The Labute approximate surface area is 201 Å². The van der Waals surface area contributed by atoms with Crippen molar-refractivity contribution in [1.29, 1.82) is 0 Å². The molecular weight excluding hydrogens is 456 g/mol. The van der Waals surface area contributed by atoms with Crippen LogP contribution in [0.2, 0.25) is 0 Å². The molecule has 1 saturated heterocycles. The number of carbonyl (C=O) groups excluding carboxylic acids is 5. The van der Waals surface area contributed by atoms with Crippen LogP contribution in [0.3, 0.4) is 0 Å². The highest BCUT2D eigenvalue weighted by molar-refractivity contribution is 5.98. The normalized spacial score (nSPS) is 15.5. The third kappa shape index (κ3) is 8.26. The number of benzene rings is 2. The molecule has 1 aliphatic heterocycles. The first-order valence-electron chi connectivity index (χ1n) is 11.2. The van der Waals surface area contributed by atoms with Crippen molar-refractivity contribution in [1.82, 2.24) is 10.6 Å². The number of ketones is 1. The Morgan fingerprint density at radius 1 is 0.943 bits per heavy atom. The van der Waals surface area contributed by atoms with E-state index in [1.165, 1.54) is 0 Å². The number of amides is 2. The van der Waals surface area contributed by atoms with Gasteiger partial charge in [-0.1, -0.05) is 73.5 Å². The zero-order chi connectivity index (χ0) is 25.0. The van der Waals surface area contributed by atoms with Gasteiger partial charge in [-0.2, -0.15) is 0 Å². The molecule has 0 aliphatic carbocycles. The Morgan fingerprint density at radius 3 is 2.29 bits per heavy atom. The van der Waals surface area contributed by atoms with E-state index in [4.69, 9.17) is 9.47 Å². The maximum absolute atomic E-state index is 12.7. The van der Waals surface area contributed by atoms with Gasteiger partial charge in [-0.05, 0) is 18.4 Å². The van der Waals surface area contributed by atoms with Crippen LogP contribution < -0.4 is 10.6 Å². The van der Waals surface area contributed by atoms with E-state index in [1.54, 1.807) is 42.5 Å². The highest BCUT2D eigenvalue weighted by Gasteiger charge is 2.32. The minimum Gasteiger partial charge on any atom is -0.456 e. The molecule has 184 valence electrons. The van der Waals surface area contributed by atoms with E-state index in [0.29, 0.717) is 24.8 Å². The minimum atomic E-state index is -1.06. The molecule has 2 amide bonds. The molecule has 3 rings (SSSR count). The van der Waals surface area contributed by atoms with E-state index in [1.807, 2.05) is 18.2 Å². The third-order valence-electron chi connectivity index (χ3n) is 5.24. The van der Waals surface area contributed by atoms with E-state index in [2.05, 4.69) is 15.4 Å². The summed E-state index contributed by atoms with van der Waals surface area (Å²) in [6.07, 6.45) is -0.214. The van der Waals surface area contributed by atoms with Gasteiger partial charge in [-0.3, -0.25) is 4.79 Å². The molecular formula is C25H26N2O8. The molecule has 35 heavy (non-hydrogen) atoms. The Morgan fingerprint density at radius 2 is 1.63 bits per heavy atom. The molecule has 0 saturated carbocycles. The van der Waals surface area contributed by atoms with Gasteiger partial charge in [0.15, 0.2) is 12.4 Å². The second-order valence-corrected chi connectivity index (χ2v) is 7.85. The summed E-state index contributed by atoms with van der Waals surface area (Å²) in [5.41, 5.74) is 1.18. The van der Waals surface area contributed by atoms with Gasteiger partial charge < -0.3 is 24.8 Å². The van der Waals surface area contributed by atoms with Crippen molar-refractivity contribution in [2.75, 3.05) is 6.61 Å². The van der Waals surface area contributed by atoms with E-state index >= 15 is 0 Å². The SMILES string of the molecule is O=C(N[C@@H](CCCC[C@@H]1NC(=O)OC1=O)C(=O)OCC(=O)c1ccccc1)OCc1ccccc1. The summed E-state index contributed by atoms with van der Waals surface area (Å²) in [4.78, 5) is 59.8. The number of rotatable bonds is 12. The average Bonchev–Trinajstić information content (AvgIpc) is 3.20. The second-order valence-electron chi connectivity index (χ2n) is 7.85. The summed E-state index contributed by atoms with van der Waals surface area (Å²) < 4.78 is 14.8. The summed E-state index contributed by atoms with van der Waals surface area (Å²) >= 11 is 0. The second kappa shape index (κ2) is 12.9. The largest absolute Gasteiger partial charge is 0.456 e. The molecule has 10 heteroatoms. The number of esters is 2. The lowest BCUT2D eigenvalue weighted by atomic mass is 10.1. The van der Waals surface area contributed by atoms with Crippen LogP contribution in [0.4, 0.5) is 9.59 Å². The first-order valence-corrected chi connectivity index (χ1v) is 11.2. The van der Waals surface area contributed by atoms with Crippen molar-refractivity contribution in [3.8, 4) is 0 Å².